The van der Waals surface area contributed by atoms with Gasteiger partial charge in [0.15, 0.2) is 11.6 Å². The molecule has 0 bridgehead atoms. The predicted molar refractivity (Wildman–Crippen MR) is 103 cm³/mol. The van der Waals surface area contributed by atoms with Crippen LogP contribution in [-0.4, -0.2) is 23.2 Å². The smallest absolute Gasteiger partial charge is 0.256 e. The van der Waals surface area contributed by atoms with Crippen LogP contribution in [0.15, 0.2) is 54.6 Å². The summed E-state index contributed by atoms with van der Waals surface area (Å²) in [6, 6.07) is 15.4. The number of amides is 1. The Kier molecular flexibility index (Phi) is 5.55. The fraction of sp³-hybridized carbons (Fsp3) is 0.0556. The number of ether oxygens (including phenoxy) is 1. The van der Waals surface area contributed by atoms with Crippen LogP contribution < -0.4 is 15.4 Å². The molecule has 132 valence electrons. The van der Waals surface area contributed by atoms with Gasteiger partial charge in [-0.3, -0.25) is 4.79 Å². The third-order valence-electron chi connectivity index (χ3n) is 3.45. The van der Waals surface area contributed by atoms with Gasteiger partial charge in [-0.25, -0.2) is 0 Å². The summed E-state index contributed by atoms with van der Waals surface area (Å²) in [6.07, 6.45) is 0. The molecule has 1 heterocycles. The molecule has 0 radical (unpaired) electrons. The van der Waals surface area contributed by atoms with Crippen molar-refractivity contribution in [2.45, 2.75) is 0 Å². The van der Waals surface area contributed by atoms with Crippen LogP contribution in [0.3, 0.4) is 0 Å². The number of carbonyl (C=O) groups excluding carboxylic acids is 1. The van der Waals surface area contributed by atoms with Crippen molar-refractivity contribution in [1.82, 2.24) is 10.2 Å². The maximum absolute atomic E-state index is 12.2. The first-order chi connectivity index (χ1) is 12.5. The van der Waals surface area contributed by atoms with Crippen LogP contribution in [-0.2, 0) is 0 Å². The van der Waals surface area contributed by atoms with E-state index in [0.717, 1.165) is 11.4 Å². The van der Waals surface area contributed by atoms with Crippen LogP contribution in [0.2, 0.25) is 10.0 Å². The Morgan fingerprint density at radius 2 is 1.62 bits per heavy atom. The number of nitrogens with one attached hydrogen (secondary N) is 2. The summed E-state index contributed by atoms with van der Waals surface area (Å²) in [6.45, 7) is 0. The van der Waals surface area contributed by atoms with E-state index in [0.29, 0.717) is 27.2 Å². The maximum Gasteiger partial charge on any atom is 0.256 e. The molecule has 3 rings (SSSR count). The Morgan fingerprint density at radius 1 is 0.923 bits per heavy atom. The number of hydrogen-bond donors (Lipinski definition) is 2. The standard InChI is InChI=1S/C18H14Cl2N4O2/c1-26-13-5-3-12(4-6-13)21-16-8-9-17(24-23-16)22-18(25)11-2-7-14(19)15(20)10-11/h2-10H,1H3,(H,21,23)(H,22,24,25). The van der Waals surface area contributed by atoms with E-state index in [4.69, 9.17) is 27.9 Å². The third kappa shape index (κ3) is 4.41. The fourth-order valence-corrected chi connectivity index (χ4v) is 2.41. The van der Waals surface area contributed by atoms with Crippen LogP contribution in [0, 0.1) is 0 Å². The van der Waals surface area contributed by atoms with Crippen LogP contribution >= 0.6 is 23.2 Å². The first kappa shape index (κ1) is 18.0. The summed E-state index contributed by atoms with van der Waals surface area (Å²) in [4.78, 5) is 12.2. The second kappa shape index (κ2) is 8.03. The van der Waals surface area contributed by atoms with Crippen LogP contribution in [0.1, 0.15) is 10.4 Å². The van der Waals surface area contributed by atoms with E-state index < -0.39 is 0 Å². The second-order valence-electron chi connectivity index (χ2n) is 5.24. The number of benzene rings is 2. The SMILES string of the molecule is COc1ccc(Nc2ccc(NC(=O)c3ccc(Cl)c(Cl)c3)nn2)cc1. The Hall–Kier alpha value is -2.83. The van der Waals surface area contributed by atoms with Gasteiger partial charge in [-0.1, -0.05) is 23.2 Å². The predicted octanol–water partition coefficient (Wildman–Crippen LogP) is 4.79. The molecule has 1 aromatic heterocycles. The lowest BCUT2D eigenvalue weighted by atomic mass is 10.2. The summed E-state index contributed by atoms with van der Waals surface area (Å²) in [5.74, 6) is 1.28. The molecule has 0 aliphatic carbocycles. The fourth-order valence-electron chi connectivity index (χ4n) is 2.11. The van der Waals surface area contributed by atoms with Gasteiger partial charge in [-0.15, -0.1) is 10.2 Å². The number of hydrogen-bond acceptors (Lipinski definition) is 5. The van der Waals surface area contributed by atoms with Crippen molar-refractivity contribution in [3.63, 3.8) is 0 Å². The molecule has 0 fully saturated rings. The minimum Gasteiger partial charge on any atom is -0.497 e. The normalized spacial score (nSPS) is 10.3. The third-order valence-corrected chi connectivity index (χ3v) is 4.19. The average molecular weight is 389 g/mol. The van der Waals surface area contributed by atoms with Crippen molar-refractivity contribution in [3.8, 4) is 5.75 Å². The number of halogens is 2. The van der Waals surface area contributed by atoms with Gasteiger partial charge in [0.25, 0.3) is 5.91 Å². The highest BCUT2D eigenvalue weighted by molar-refractivity contribution is 6.42. The van der Waals surface area contributed by atoms with E-state index >= 15 is 0 Å². The lowest BCUT2D eigenvalue weighted by Crippen LogP contribution is -2.13. The van der Waals surface area contributed by atoms with Gasteiger partial charge in [0.1, 0.15) is 5.75 Å². The number of rotatable bonds is 5. The Labute approximate surface area is 160 Å². The van der Waals surface area contributed by atoms with Crippen molar-refractivity contribution in [3.05, 3.63) is 70.2 Å². The molecule has 0 aliphatic heterocycles. The molecular formula is C18H14Cl2N4O2. The Morgan fingerprint density at radius 3 is 2.23 bits per heavy atom. The molecule has 0 saturated carbocycles. The Balaban J connectivity index is 1.65. The molecule has 6 nitrogen and oxygen atoms in total. The summed E-state index contributed by atoms with van der Waals surface area (Å²) >= 11 is 11.8. The molecule has 3 aromatic rings. The van der Waals surface area contributed by atoms with E-state index in [1.54, 1.807) is 31.4 Å². The van der Waals surface area contributed by atoms with Gasteiger partial charge >= 0.3 is 0 Å². The van der Waals surface area contributed by atoms with Gasteiger partial charge in [0.2, 0.25) is 0 Å². The highest BCUT2D eigenvalue weighted by Gasteiger charge is 2.09. The zero-order chi connectivity index (χ0) is 18.5. The largest absolute Gasteiger partial charge is 0.497 e. The molecule has 0 aliphatic rings. The molecule has 8 heteroatoms. The molecule has 26 heavy (non-hydrogen) atoms. The van der Waals surface area contributed by atoms with Gasteiger partial charge in [-0.05, 0) is 54.6 Å². The van der Waals surface area contributed by atoms with E-state index in [9.17, 15) is 4.79 Å². The van der Waals surface area contributed by atoms with Gasteiger partial charge in [-0.2, -0.15) is 0 Å². The van der Waals surface area contributed by atoms with Gasteiger partial charge in [0, 0.05) is 11.3 Å². The lowest BCUT2D eigenvalue weighted by Gasteiger charge is -2.08. The zero-order valence-electron chi connectivity index (χ0n) is 13.7. The van der Waals surface area contributed by atoms with Crippen molar-refractivity contribution in [2.24, 2.45) is 0 Å². The first-order valence-electron chi connectivity index (χ1n) is 7.56. The molecular weight excluding hydrogens is 375 g/mol. The first-order valence-corrected chi connectivity index (χ1v) is 8.32. The molecule has 0 spiro atoms. The molecule has 0 atom stereocenters. The van der Waals surface area contributed by atoms with E-state index in [1.807, 2.05) is 24.3 Å². The van der Waals surface area contributed by atoms with Crippen LogP contribution in [0.4, 0.5) is 17.3 Å². The molecule has 1 amide bonds. The number of methoxy groups -OCH3 is 1. The maximum atomic E-state index is 12.2. The average Bonchev–Trinajstić information content (AvgIpc) is 2.66. The summed E-state index contributed by atoms with van der Waals surface area (Å²) in [5, 5.41) is 14.5. The summed E-state index contributed by atoms with van der Waals surface area (Å²) < 4.78 is 5.11. The van der Waals surface area contributed by atoms with E-state index in [-0.39, 0.29) is 5.91 Å². The van der Waals surface area contributed by atoms with E-state index in [2.05, 4.69) is 20.8 Å². The Bertz CT molecular complexity index is 915. The molecule has 0 saturated heterocycles. The second-order valence-corrected chi connectivity index (χ2v) is 6.05. The molecule has 2 N–H and O–H groups in total. The highest BCUT2D eigenvalue weighted by Crippen LogP contribution is 2.23. The van der Waals surface area contributed by atoms with Crippen LogP contribution in [0.5, 0.6) is 5.75 Å². The van der Waals surface area contributed by atoms with Crippen molar-refractivity contribution >= 4 is 46.4 Å². The summed E-state index contributed by atoms with van der Waals surface area (Å²) in [5.41, 5.74) is 1.22. The monoisotopic (exact) mass is 388 g/mol. The molecule has 2 aromatic carbocycles. The highest BCUT2D eigenvalue weighted by atomic mass is 35.5. The minimum atomic E-state index is -0.353. The lowest BCUT2D eigenvalue weighted by molar-refractivity contribution is 0.102. The van der Waals surface area contributed by atoms with Crippen molar-refractivity contribution in [2.75, 3.05) is 17.7 Å². The van der Waals surface area contributed by atoms with Gasteiger partial charge in [0.05, 0.1) is 17.2 Å². The topological polar surface area (TPSA) is 76.1 Å². The number of carbonyl (C=O) groups is 1. The number of aromatic nitrogens is 2. The molecule has 0 unspecified atom stereocenters. The van der Waals surface area contributed by atoms with Crippen LogP contribution in [0.25, 0.3) is 0 Å². The van der Waals surface area contributed by atoms with Crippen molar-refractivity contribution < 1.29 is 9.53 Å². The summed E-state index contributed by atoms with van der Waals surface area (Å²) in [7, 11) is 1.61. The quantitative estimate of drug-likeness (QED) is 0.656. The van der Waals surface area contributed by atoms with E-state index in [1.165, 1.54) is 6.07 Å². The number of nitrogens with zero attached hydrogens (tertiary/aromatic N) is 2. The number of anilines is 3. The zero-order valence-corrected chi connectivity index (χ0v) is 15.2. The van der Waals surface area contributed by atoms with Gasteiger partial charge < -0.3 is 15.4 Å². The minimum absolute atomic E-state index is 0.310. The van der Waals surface area contributed by atoms with Crippen molar-refractivity contribution in [1.29, 1.82) is 0 Å².